The van der Waals surface area contributed by atoms with Crippen LogP contribution in [0.15, 0.2) is 29.4 Å². The molecule has 2 atom stereocenters. The van der Waals surface area contributed by atoms with Crippen LogP contribution in [0.5, 0.6) is 0 Å². The summed E-state index contributed by atoms with van der Waals surface area (Å²) >= 11 is 0. The van der Waals surface area contributed by atoms with E-state index in [1.807, 2.05) is 0 Å². The van der Waals surface area contributed by atoms with Crippen LogP contribution in [0.3, 0.4) is 0 Å². The number of carbonyl (C=O) groups excluding carboxylic acids is 4. The van der Waals surface area contributed by atoms with Crippen molar-refractivity contribution in [3.63, 3.8) is 0 Å². The standard InChI is InChI=1S/C30H44F3N7O6/c1-21(41)38-24(9-5-8-20-37-40-34)28(44)36-19-6-2-3-11-27(43)39-25(29(45)46)10-4-7-18-35-26(42)17-14-22-12-15-23(16-13-22)30(31,32)33/h12-13,15-16,24-25H,2-11,14,17-20H2,1H3,(H,35,42)(H,36,44)(H,38,41)(H,39,43)(H,45,46)/t24-,25-/m0/s1. The molecule has 13 nitrogen and oxygen atoms in total. The minimum absolute atomic E-state index is 0.102. The number of carboxylic acids is 1. The molecule has 1 aromatic rings. The van der Waals surface area contributed by atoms with E-state index < -0.39 is 35.7 Å². The zero-order chi connectivity index (χ0) is 34.4. The number of hydrogen-bond donors (Lipinski definition) is 5. The highest BCUT2D eigenvalue weighted by molar-refractivity contribution is 5.86. The summed E-state index contributed by atoms with van der Waals surface area (Å²) < 4.78 is 37.9. The molecular formula is C30H44F3N7O6. The van der Waals surface area contributed by atoms with Gasteiger partial charge in [0.1, 0.15) is 12.1 Å². The number of azide groups is 1. The Hall–Kier alpha value is -4.33. The van der Waals surface area contributed by atoms with Gasteiger partial charge in [-0.15, -0.1) is 0 Å². The van der Waals surface area contributed by atoms with Gasteiger partial charge in [-0.1, -0.05) is 30.1 Å². The van der Waals surface area contributed by atoms with Gasteiger partial charge in [-0.25, -0.2) is 4.79 Å². The van der Waals surface area contributed by atoms with E-state index in [1.165, 1.54) is 19.1 Å². The van der Waals surface area contributed by atoms with Gasteiger partial charge in [-0.3, -0.25) is 19.2 Å². The minimum Gasteiger partial charge on any atom is -0.480 e. The Bertz CT molecular complexity index is 1170. The van der Waals surface area contributed by atoms with E-state index in [-0.39, 0.29) is 43.4 Å². The molecule has 0 aliphatic heterocycles. The van der Waals surface area contributed by atoms with Crippen LogP contribution < -0.4 is 21.3 Å². The first-order valence-electron chi connectivity index (χ1n) is 15.3. The first-order valence-corrected chi connectivity index (χ1v) is 15.3. The Kier molecular flexibility index (Phi) is 19.2. The third-order valence-corrected chi connectivity index (χ3v) is 6.94. The second-order valence-electron chi connectivity index (χ2n) is 10.8. The molecule has 16 heteroatoms. The van der Waals surface area contributed by atoms with Gasteiger partial charge in [0.15, 0.2) is 0 Å². The maximum Gasteiger partial charge on any atom is 0.416 e. The molecule has 1 rings (SSSR count). The average molecular weight is 656 g/mol. The molecule has 0 heterocycles. The molecule has 0 unspecified atom stereocenters. The molecule has 0 saturated heterocycles. The molecule has 0 radical (unpaired) electrons. The second-order valence-corrected chi connectivity index (χ2v) is 10.8. The van der Waals surface area contributed by atoms with E-state index in [0.717, 1.165) is 12.1 Å². The van der Waals surface area contributed by atoms with E-state index >= 15 is 0 Å². The van der Waals surface area contributed by atoms with Crippen LogP contribution in [-0.2, 0) is 36.6 Å². The van der Waals surface area contributed by atoms with Crippen molar-refractivity contribution in [2.24, 2.45) is 5.11 Å². The van der Waals surface area contributed by atoms with Crippen LogP contribution in [-0.4, -0.2) is 66.4 Å². The van der Waals surface area contributed by atoms with Gasteiger partial charge in [-0.05, 0) is 74.6 Å². The van der Waals surface area contributed by atoms with Gasteiger partial charge >= 0.3 is 12.1 Å². The number of alkyl halides is 3. The number of hydrogen-bond acceptors (Lipinski definition) is 6. The van der Waals surface area contributed by atoms with Gasteiger partial charge in [0, 0.05) is 44.3 Å². The number of carbonyl (C=O) groups is 5. The van der Waals surface area contributed by atoms with Crippen LogP contribution in [0.4, 0.5) is 13.2 Å². The highest BCUT2D eigenvalue weighted by atomic mass is 19.4. The molecule has 0 aliphatic rings. The minimum atomic E-state index is -4.42. The van der Waals surface area contributed by atoms with Crippen molar-refractivity contribution in [2.75, 3.05) is 19.6 Å². The second kappa shape index (κ2) is 22.2. The monoisotopic (exact) mass is 655 g/mol. The van der Waals surface area contributed by atoms with E-state index in [9.17, 15) is 42.3 Å². The zero-order valence-corrected chi connectivity index (χ0v) is 26.0. The molecule has 0 fully saturated rings. The van der Waals surface area contributed by atoms with Crippen LogP contribution in [0.1, 0.15) is 88.7 Å². The highest BCUT2D eigenvalue weighted by Crippen LogP contribution is 2.29. The SMILES string of the molecule is CC(=O)N[C@@H](CCCCN=[N+]=[N-])C(=O)NCCCCCC(=O)N[C@@H](CCCCNC(=O)CCc1ccc(C(F)(F)F)cc1)C(=O)O. The third-order valence-electron chi connectivity index (χ3n) is 6.94. The van der Waals surface area contributed by atoms with Gasteiger partial charge in [-0.2, -0.15) is 13.2 Å². The number of rotatable bonds is 23. The maximum absolute atomic E-state index is 12.6. The zero-order valence-electron chi connectivity index (χ0n) is 26.0. The summed E-state index contributed by atoms with van der Waals surface area (Å²) in [6, 6.07) is 2.86. The Morgan fingerprint density at radius 1 is 0.826 bits per heavy atom. The summed E-state index contributed by atoms with van der Waals surface area (Å²) in [6.45, 7) is 2.28. The van der Waals surface area contributed by atoms with Crippen LogP contribution in [0.25, 0.3) is 10.4 Å². The van der Waals surface area contributed by atoms with Crippen molar-refractivity contribution in [1.82, 2.24) is 21.3 Å². The maximum atomic E-state index is 12.6. The fourth-order valence-electron chi connectivity index (χ4n) is 4.44. The Balaban J connectivity index is 2.22. The number of unbranched alkanes of at least 4 members (excludes halogenated alkanes) is 4. The van der Waals surface area contributed by atoms with Crippen molar-refractivity contribution >= 4 is 29.6 Å². The predicted molar refractivity (Wildman–Crippen MR) is 163 cm³/mol. The number of aliphatic carboxylic acids is 1. The summed E-state index contributed by atoms with van der Waals surface area (Å²) in [6.07, 6.45) is 0.455. The predicted octanol–water partition coefficient (Wildman–Crippen LogP) is 4.16. The van der Waals surface area contributed by atoms with Gasteiger partial charge in [0.2, 0.25) is 23.6 Å². The lowest BCUT2D eigenvalue weighted by Gasteiger charge is -2.17. The van der Waals surface area contributed by atoms with E-state index in [0.29, 0.717) is 76.6 Å². The Morgan fingerprint density at radius 3 is 2.09 bits per heavy atom. The molecule has 1 aromatic carbocycles. The van der Waals surface area contributed by atoms with Crippen molar-refractivity contribution in [1.29, 1.82) is 0 Å². The molecule has 0 aromatic heterocycles. The van der Waals surface area contributed by atoms with Crippen molar-refractivity contribution in [3.05, 3.63) is 45.8 Å². The largest absolute Gasteiger partial charge is 0.480 e. The number of nitrogens with zero attached hydrogens (tertiary/aromatic N) is 3. The van der Waals surface area contributed by atoms with Crippen molar-refractivity contribution in [3.8, 4) is 0 Å². The molecule has 0 spiro atoms. The first kappa shape index (κ1) is 39.7. The van der Waals surface area contributed by atoms with E-state index in [2.05, 4.69) is 31.3 Å². The van der Waals surface area contributed by atoms with Gasteiger partial charge < -0.3 is 26.4 Å². The van der Waals surface area contributed by atoms with Gasteiger partial charge in [0.25, 0.3) is 0 Å². The molecule has 4 amide bonds. The van der Waals surface area contributed by atoms with Crippen molar-refractivity contribution < 1.29 is 42.3 Å². The summed E-state index contributed by atoms with van der Waals surface area (Å²) in [7, 11) is 0. The van der Waals surface area contributed by atoms with E-state index in [4.69, 9.17) is 5.53 Å². The fourth-order valence-corrected chi connectivity index (χ4v) is 4.44. The lowest BCUT2D eigenvalue weighted by Crippen LogP contribution is -2.46. The summed E-state index contributed by atoms with van der Waals surface area (Å²) in [5.41, 5.74) is 8.17. The Labute approximate surface area is 266 Å². The molecule has 0 bridgehead atoms. The average Bonchev–Trinajstić information content (AvgIpc) is 2.99. The third kappa shape index (κ3) is 18.5. The van der Waals surface area contributed by atoms with Crippen LogP contribution in [0.2, 0.25) is 0 Å². The molecule has 0 aliphatic carbocycles. The Morgan fingerprint density at radius 2 is 1.46 bits per heavy atom. The molecule has 46 heavy (non-hydrogen) atoms. The molecular weight excluding hydrogens is 611 g/mol. The van der Waals surface area contributed by atoms with Gasteiger partial charge in [0.05, 0.1) is 5.56 Å². The summed E-state index contributed by atoms with van der Waals surface area (Å²) in [4.78, 5) is 62.4. The number of nitrogens with one attached hydrogen (secondary N) is 4. The smallest absolute Gasteiger partial charge is 0.416 e. The topological polar surface area (TPSA) is 202 Å². The van der Waals surface area contributed by atoms with Crippen LogP contribution in [0, 0.1) is 0 Å². The fraction of sp³-hybridized carbons (Fsp3) is 0.633. The molecule has 0 saturated carbocycles. The molecule has 5 N–H and O–H groups in total. The number of aryl methyl sites for hydroxylation is 1. The number of halogens is 3. The number of carboxylic acid groups (broad SMARTS) is 1. The summed E-state index contributed by atoms with van der Waals surface area (Å²) in [5.74, 6) is -2.49. The lowest BCUT2D eigenvalue weighted by atomic mass is 10.1. The highest BCUT2D eigenvalue weighted by Gasteiger charge is 2.30. The first-order chi connectivity index (χ1) is 21.8. The molecule has 256 valence electrons. The quantitative estimate of drug-likeness (QED) is 0.0507. The lowest BCUT2D eigenvalue weighted by molar-refractivity contribution is -0.142. The number of amides is 4. The summed E-state index contributed by atoms with van der Waals surface area (Å²) in [5, 5.41) is 23.5. The normalized spacial score (nSPS) is 12.3. The van der Waals surface area contributed by atoms with Crippen molar-refractivity contribution in [2.45, 2.75) is 102 Å². The van der Waals surface area contributed by atoms with Crippen LogP contribution >= 0.6 is 0 Å². The van der Waals surface area contributed by atoms with E-state index in [1.54, 1.807) is 0 Å². The number of benzene rings is 1.